The van der Waals surface area contributed by atoms with Crippen molar-refractivity contribution in [3.63, 3.8) is 0 Å². The molecule has 0 unspecified atom stereocenters. The number of hydrogen-bond acceptors (Lipinski definition) is 1. The van der Waals surface area contributed by atoms with Crippen molar-refractivity contribution in [2.45, 2.75) is 44.6 Å². The summed E-state index contributed by atoms with van der Waals surface area (Å²) in [6, 6.07) is 0. The van der Waals surface area contributed by atoms with Crippen LogP contribution in [0.1, 0.15) is 25.7 Å². The molecule has 1 N–H and O–H groups in total. The van der Waals surface area contributed by atoms with Gasteiger partial charge in [-0.3, -0.25) is 0 Å². The maximum atomic E-state index is 3.18. The molecule has 1 heterocycles. The first kappa shape index (κ1) is 9.12. The van der Waals surface area contributed by atoms with E-state index in [4.69, 9.17) is 0 Å². The van der Waals surface area contributed by atoms with Gasteiger partial charge in [-0.25, -0.2) is 0 Å². The van der Waals surface area contributed by atoms with Crippen molar-refractivity contribution in [2.24, 2.45) is 0 Å². The molecule has 1 saturated heterocycles. The van der Waals surface area contributed by atoms with Crippen molar-refractivity contribution < 1.29 is 0 Å². The van der Waals surface area contributed by atoms with E-state index in [1.165, 1.54) is 51.2 Å². The van der Waals surface area contributed by atoms with E-state index in [1.807, 2.05) is 7.05 Å². The third-order valence-corrected chi connectivity index (χ3v) is 2.49. The van der Waals surface area contributed by atoms with Crippen molar-refractivity contribution in [1.29, 1.82) is 0 Å². The molecule has 0 aliphatic carbocycles. The molecule has 0 bridgehead atoms. The summed E-state index contributed by atoms with van der Waals surface area (Å²) in [5.41, 5.74) is 0. The van der Waals surface area contributed by atoms with Crippen LogP contribution in [-0.2, 0) is 0 Å². The van der Waals surface area contributed by atoms with Crippen LogP contribution in [-0.4, -0.2) is 20.3 Å². The maximum absolute atomic E-state index is 3.18. The standard InChI is InChI=1S/C9H20BN/c1-11-9-5-3-2-4-6-10-7-8-10/h11H,2-9H2,1H3. The number of hydrogen-bond donors (Lipinski definition) is 1. The predicted molar refractivity (Wildman–Crippen MR) is 52.6 cm³/mol. The van der Waals surface area contributed by atoms with Gasteiger partial charge in [0.15, 0.2) is 0 Å². The van der Waals surface area contributed by atoms with Crippen molar-refractivity contribution in [2.75, 3.05) is 13.6 Å². The first-order valence-corrected chi connectivity index (χ1v) is 5.08. The smallest absolute Gasteiger partial charge is 0.138 e. The molecule has 0 aromatic carbocycles. The van der Waals surface area contributed by atoms with Gasteiger partial charge in [-0.15, -0.1) is 0 Å². The highest BCUT2D eigenvalue weighted by Gasteiger charge is 2.24. The lowest BCUT2D eigenvalue weighted by Crippen LogP contribution is -2.06. The molecule has 0 amide bonds. The fraction of sp³-hybridized carbons (Fsp3) is 1.00. The van der Waals surface area contributed by atoms with Gasteiger partial charge in [0.2, 0.25) is 0 Å². The van der Waals surface area contributed by atoms with Gasteiger partial charge in [-0.2, -0.15) is 0 Å². The molecule has 0 radical (unpaired) electrons. The van der Waals surface area contributed by atoms with Crippen LogP contribution in [0.4, 0.5) is 0 Å². The van der Waals surface area contributed by atoms with Gasteiger partial charge in [0, 0.05) is 0 Å². The number of unbranched alkanes of at least 4 members (excludes halogenated alkanes) is 3. The fourth-order valence-electron chi connectivity index (χ4n) is 1.49. The summed E-state index contributed by atoms with van der Waals surface area (Å²) >= 11 is 0. The molecule has 0 atom stereocenters. The molecular weight excluding hydrogens is 133 g/mol. The second-order valence-electron chi connectivity index (χ2n) is 3.75. The second-order valence-corrected chi connectivity index (χ2v) is 3.75. The molecule has 1 rings (SSSR count). The highest BCUT2D eigenvalue weighted by molar-refractivity contribution is 6.69. The van der Waals surface area contributed by atoms with E-state index < -0.39 is 0 Å². The minimum absolute atomic E-state index is 1.14. The van der Waals surface area contributed by atoms with E-state index in [0.717, 1.165) is 6.71 Å². The van der Waals surface area contributed by atoms with Gasteiger partial charge >= 0.3 is 0 Å². The zero-order valence-electron chi connectivity index (χ0n) is 7.73. The van der Waals surface area contributed by atoms with E-state index in [2.05, 4.69) is 5.32 Å². The Morgan fingerprint density at radius 1 is 1.09 bits per heavy atom. The molecule has 1 nitrogen and oxygen atoms in total. The fourth-order valence-corrected chi connectivity index (χ4v) is 1.49. The zero-order valence-corrected chi connectivity index (χ0v) is 7.73. The van der Waals surface area contributed by atoms with Crippen LogP contribution in [0.2, 0.25) is 19.0 Å². The average Bonchev–Trinajstić information content (AvgIpc) is 2.80. The summed E-state index contributed by atoms with van der Waals surface area (Å²) in [7, 11) is 2.03. The van der Waals surface area contributed by atoms with Crippen LogP contribution in [0.25, 0.3) is 0 Å². The van der Waals surface area contributed by atoms with Gasteiger partial charge < -0.3 is 5.32 Å². The zero-order chi connectivity index (χ0) is 7.94. The van der Waals surface area contributed by atoms with Gasteiger partial charge in [0.05, 0.1) is 0 Å². The lowest BCUT2D eigenvalue weighted by Gasteiger charge is -1.98. The Morgan fingerprint density at radius 2 is 1.82 bits per heavy atom. The maximum Gasteiger partial charge on any atom is 0.138 e. The highest BCUT2D eigenvalue weighted by atomic mass is 14.8. The van der Waals surface area contributed by atoms with Crippen molar-refractivity contribution in [1.82, 2.24) is 5.32 Å². The molecule has 1 fully saturated rings. The molecule has 0 aromatic rings. The van der Waals surface area contributed by atoms with Gasteiger partial charge in [0.25, 0.3) is 0 Å². The van der Waals surface area contributed by atoms with E-state index >= 15 is 0 Å². The lowest BCUT2D eigenvalue weighted by molar-refractivity contribution is 0.634. The Labute approximate surface area is 71.0 Å². The van der Waals surface area contributed by atoms with Crippen molar-refractivity contribution in [3.8, 4) is 0 Å². The first-order valence-electron chi connectivity index (χ1n) is 5.08. The molecule has 2 heteroatoms. The Hall–Kier alpha value is 0.0249. The summed E-state index contributed by atoms with van der Waals surface area (Å²) in [4.78, 5) is 0. The van der Waals surface area contributed by atoms with Gasteiger partial charge in [0.1, 0.15) is 6.71 Å². The Morgan fingerprint density at radius 3 is 2.45 bits per heavy atom. The van der Waals surface area contributed by atoms with Crippen molar-refractivity contribution in [3.05, 3.63) is 0 Å². The van der Waals surface area contributed by atoms with E-state index in [-0.39, 0.29) is 0 Å². The molecule has 0 saturated carbocycles. The summed E-state index contributed by atoms with van der Waals surface area (Å²) in [6.07, 6.45) is 10.3. The van der Waals surface area contributed by atoms with Gasteiger partial charge in [-0.05, 0) is 20.0 Å². The van der Waals surface area contributed by atoms with Crippen LogP contribution in [0.5, 0.6) is 0 Å². The molecule has 64 valence electrons. The SMILES string of the molecule is CNCCCCCCB1CC1. The van der Waals surface area contributed by atoms with Crippen molar-refractivity contribution >= 4 is 6.71 Å². The van der Waals surface area contributed by atoms with Crippen LogP contribution >= 0.6 is 0 Å². The van der Waals surface area contributed by atoms with Crippen LogP contribution in [0, 0.1) is 0 Å². The summed E-state index contributed by atoms with van der Waals surface area (Å²) in [5, 5.41) is 3.18. The normalized spacial score (nSPS) is 15.5. The third-order valence-electron chi connectivity index (χ3n) is 2.49. The van der Waals surface area contributed by atoms with Crippen LogP contribution in [0.3, 0.4) is 0 Å². The summed E-state index contributed by atoms with van der Waals surface area (Å²) in [5.74, 6) is 0. The topological polar surface area (TPSA) is 12.0 Å². The second kappa shape index (κ2) is 5.65. The van der Waals surface area contributed by atoms with E-state index in [9.17, 15) is 0 Å². The predicted octanol–water partition coefficient (Wildman–Crippen LogP) is 2.27. The van der Waals surface area contributed by atoms with Crippen LogP contribution < -0.4 is 5.32 Å². The first-order chi connectivity index (χ1) is 5.43. The molecule has 1 aliphatic heterocycles. The quantitative estimate of drug-likeness (QED) is 0.437. The Bertz CT molecular complexity index is 91.6. The van der Waals surface area contributed by atoms with E-state index in [1.54, 1.807) is 0 Å². The number of nitrogens with one attached hydrogen (secondary N) is 1. The molecule has 0 spiro atoms. The molecule has 1 aliphatic rings. The monoisotopic (exact) mass is 153 g/mol. The van der Waals surface area contributed by atoms with Gasteiger partial charge in [-0.1, -0.05) is 38.2 Å². The molecule has 11 heavy (non-hydrogen) atoms. The Balaban J connectivity index is 1.66. The summed E-state index contributed by atoms with van der Waals surface area (Å²) in [6.45, 7) is 2.34. The largest absolute Gasteiger partial charge is 0.320 e. The van der Waals surface area contributed by atoms with Crippen LogP contribution in [0.15, 0.2) is 0 Å². The minimum Gasteiger partial charge on any atom is -0.320 e. The lowest BCUT2D eigenvalue weighted by atomic mass is 9.66. The number of rotatable bonds is 7. The average molecular weight is 153 g/mol. The van der Waals surface area contributed by atoms with E-state index in [0.29, 0.717) is 0 Å². The third kappa shape index (κ3) is 5.31. The Kier molecular flexibility index (Phi) is 4.68. The molecule has 0 aromatic heterocycles. The molecular formula is C9H20BN. The summed E-state index contributed by atoms with van der Waals surface area (Å²) < 4.78 is 0. The minimum atomic E-state index is 1.14. The highest BCUT2D eigenvalue weighted by Crippen LogP contribution is 2.27.